The van der Waals surface area contributed by atoms with Crippen molar-refractivity contribution in [1.82, 2.24) is 0 Å². The molecule has 2 fully saturated rings. The molecule has 1 heteroatoms. The van der Waals surface area contributed by atoms with Crippen LogP contribution in [-0.2, 0) is 0 Å². The van der Waals surface area contributed by atoms with Crippen LogP contribution in [0.1, 0.15) is 58.8 Å². The molecule has 6 unspecified atom stereocenters. The van der Waals surface area contributed by atoms with E-state index in [1.54, 1.807) is 0 Å². The summed E-state index contributed by atoms with van der Waals surface area (Å²) in [6.07, 6.45) is 15.5. The fourth-order valence-electron chi connectivity index (χ4n) is 6.74. The van der Waals surface area contributed by atoms with Crippen molar-refractivity contribution in [2.45, 2.75) is 58.8 Å². The second-order valence-electron chi connectivity index (χ2n) is 8.79. The lowest BCUT2D eigenvalue weighted by atomic mass is 9.48. The van der Waals surface area contributed by atoms with E-state index in [9.17, 15) is 5.11 Å². The number of aliphatic hydroxyl groups is 1. The third kappa shape index (κ3) is 1.77. The number of hydrogen-bond acceptors (Lipinski definition) is 1. The summed E-state index contributed by atoms with van der Waals surface area (Å²) in [4.78, 5) is 0. The van der Waals surface area contributed by atoms with E-state index >= 15 is 0 Å². The zero-order valence-corrected chi connectivity index (χ0v) is 14.1. The van der Waals surface area contributed by atoms with Crippen LogP contribution in [0.15, 0.2) is 36.1 Å². The molecule has 0 aromatic rings. The van der Waals surface area contributed by atoms with Gasteiger partial charge in [0.2, 0.25) is 0 Å². The maximum atomic E-state index is 9.93. The monoisotopic (exact) mass is 298 g/mol. The van der Waals surface area contributed by atoms with E-state index in [0.29, 0.717) is 16.6 Å². The Bertz CT molecular complexity index is 556. The van der Waals surface area contributed by atoms with Gasteiger partial charge >= 0.3 is 0 Å². The molecule has 4 rings (SSSR count). The van der Waals surface area contributed by atoms with Gasteiger partial charge in [-0.1, -0.05) is 26.0 Å². The highest BCUT2D eigenvalue weighted by Crippen LogP contribution is 2.65. The summed E-state index contributed by atoms with van der Waals surface area (Å²) in [7, 11) is 0. The third-order valence-corrected chi connectivity index (χ3v) is 8.11. The molecular formula is C21H30O. The minimum absolute atomic E-state index is 0.308. The van der Waals surface area contributed by atoms with Crippen molar-refractivity contribution < 1.29 is 5.11 Å². The number of aliphatic hydroxyl groups excluding tert-OH is 1. The summed E-state index contributed by atoms with van der Waals surface area (Å²) in [5.74, 6) is 3.87. The molecule has 0 aromatic carbocycles. The van der Waals surface area contributed by atoms with Gasteiger partial charge < -0.3 is 5.11 Å². The molecule has 4 aliphatic rings. The first-order chi connectivity index (χ1) is 10.5. The fraction of sp³-hybridized carbons (Fsp3) is 0.714. The lowest BCUT2D eigenvalue weighted by Gasteiger charge is -2.56. The molecule has 1 N–H and O–H groups in total. The Hall–Kier alpha value is -0.980. The van der Waals surface area contributed by atoms with Crippen LogP contribution in [0.5, 0.6) is 0 Å². The summed E-state index contributed by atoms with van der Waals surface area (Å²) in [6, 6.07) is 0. The zero-order valence-electron chi connectivity index (χ0n) is 14.1. The first kappa shape index (κ1) is 14.6. The first-order valence-electron chi connectivity index (χ1n) is 9.22. The van der Waals surface area contributed by atoms with Crippen LogP contribution in [0.3, 0.4) is 0 Å². The Balaban J connectivity index is 1.70. The summed E-state index contributed by atoms with van der Waals surface area (Å²) in [5, 5.41) is 9.93. The highest BCUT2D eigenvalue weighted by Gasteiger charge is 2.57. The molecule has 2 saturated carbocycles. The number of hydrogen-bond donors (Lipinski definition) is 1. The smallest absolute Gasteiger partial charge is 0.0925 e. The average Bonchev–Trinajstić information content (AvgIpc) is 2.84. The normalized spacial score (nSPS) is 50.3. The Kier molecular flexibility index (Phi) is 3.16. The molecule has 22 heavy (non-hydrogen) atoms. The van der Waals surface area contributed by atoms with Gasteiger partial charge in [-0.2, -0.15) is 0 Å². The quantitative estimate of drug-likeness (QED) is 0.606. The molecule has 4 aliphatic carbocycles. The van der Waals surface area contributed by atoms with Gasteiger partial charge in [0.25, 0.3) is 0 Å². The highest BCUT2D eigenvalue weighted by molar-refractivity contribution is 5.35. The van der Waals surface area contributed by atoms with Gasteiger partial charge in [0, 0.05) is 6.42 Å². The van der Waals surface area contributed by atoms with E-state index in [1.807, 2.05) is 0 Å². The van der Waals surface area contributed by atoms with Crippen molar-refractivity contribution in [3.05, 3.63) is 36.1 Å². The number of fused-ring (bicyclic) bond motifs is 5. The lowest BCUT2D eigenvalue weighted by Crippen LogP contribution is -2.49. The van der Waals surface area contributed by atoms with Crippen LogP contribution in [0.4, 0.5) is 0 Å². The van der Waals surface area contributed by atoms with E-state index in [0.717, 1.165) is 36.5 Å². The molecule has 6 atom stereocenters. The fourth-order valence-corrected chi connectivity index (χ4v) is 6.74. The van der Waals surface area contributed by atoms with Gasteiger partial charge in [-0.05, 0) is 84.7 Å². The molecule has 1 nitrogen and oxygen atoms in total. The summed E-state index contributed by atoms with van der Waals surface area (Å²) >= 11 is 0. The predicted octanol–water partition coefficient (Wildman–Crippen LogP) is 5.80. The zero-order chi connectivity index (χ0) is 15.5. The Morgan fingerprint density at radius 3 is 2.77 bits per heavy atom. The van der Waals surface area contributed by atoms with Crippen molar-refractivity contribution in [3.63, 3.8) is 0 Å². The van der Waals surface area contributed by atoms with E-state index in [1.165, 1.54) is 37.7 Å². The minimum Gasteiger partial charge on any atom is -0.512 e. The minimum atomic E-state index is 0.308. The van der Waals surface area contributed by atoms with Gasteiger partial charge in [0.05, 0.1) is 5.76 Å². The Morgan fingerprint density at radius 2 is 2.00 bits per heavy atom. The largest absolute Gasteiger partial charge is 0.512 e. The van der Waals surface area contributed by atoms with Crippen molar-refractivity contribution >= 4 is 0 Å². The SMILES string of the molecule is C=CC1CCC2C3CC=C4C=C(O)CCC4(C)C3CCC12C. The van der Waals surface area contributed by atoms with Gasteiger partial charge in [-0.15, -0.1) is 6.58 Å². The highest BCUT2D eigenvalue weighted by atomic mass is 16.3. The number of rotatable bonds is 1. The van der Waals surface area contributed by atoms with Gasteiger partial charge in [-0.25, -0.2) is 0 Å². The Morgan fingerprint density at radius 1 is 1.18 bits per heavy atom. The maximum Gasteiger partial charge on any atom is 0.0925 e. The molecule has 0 saturated heterocycles. The van der Waals surface area contributed by atoms with Crippen molar-refractivity contribution in [1.29, 1.82) is 0 Å². The Labute approximate surface area is 135 Å². The van der Waals surface area contributed by atoms with Gasteiger partial charge in [0.1, 0.15) is 0 Å². The second kappa shape index (κ2) is 4.76. The average molecular weight is 298 g/mol. The maximum absolute atomic E-state index is 9.93. The summed E-state index contributed by atoms with van der Waals surface area (Å²) < 4.78 is 0. The van der Waals surface area contributed by atoms with E-state index < -0.39 is 0 Å². The predicted molar refractivity (Wildman–Crippen MR) is 91.5 cm³/mol. The van der Waals surface area contributed by atoms with Crippen LogP contribution in [-0.4, -0.2) is 5.11 Å². The van der Waals surface area contributed by atoms with Crippen LogP contribution < -0.4 is 0 Å². The van der Waals surface area contributed by atoms with Crippen LogP contribution in [0.25, 0.3) is 0 Å². The summed E-state index contributed by atoms with van der Waals surface area (Å²) in [6.45, 7) is 9.14. The second-order valence-corrected chi connectivity index (χ2v) is 8.79. The van der Waals surface area contributed by atoms with Crippen molar-refractivity contribution in [2.24, 2.45) is 34.5 Å². The standard InChI is InChI=1S/C21H30O/c1-4-14-6-8-18-17-7-5-15-13-16(22)9-11-21(15,3)19(17)10-12-20(14,18)2/h4-5,13-14,17-19,22H,1,6-12H2,2-3H3. The molecule has 120 valence electrons. The molecule has 0 heterocycles. The topological polar surface area (TPSA) is 20.2 Å². The molecule has 0 amide bonds. The van der Waals surface area contributed by atoms with Crippen molar-refractivity contribution in [2.75, 3.05) is 0 Å². The first-order valence-corrected chi connectivity index (χ1v) is 9.22. The lowest BCUT2D eigenvalue weighted by molar-refractivity contribution is -0.0300. The summed E-state index contributed by atoms with van der Waals surface area (Å²) in [5.41, 5.74) is 2.24. The van der Waals surface area contributed by atoms with Crippen LogP contribution in [0, 0.1) is 34.5 Å². The molecular weight excluding hydrogens is 268 g/mol. The molecule has 0 aromatic heterocycles. The van der Waals surface area contributed by atoms with Gasteiger partial charge in [-0.3, -0.25) is 0 Å². The van der Waals surface area contributed by atoms with Crippen LogP contribution >= 0.6 is 0 Å². The van der Waals surface area contributed by atoms with E-state index in [-0.39, 0.29) is 0 Å². The molecule has 0 radical (unpaired) electrons. The van der Waals surface area contributed by atoms with Crippen LogP contribution in [0.2, 0.25) is 0 Å². The molecule has 0 spiro atoms. The van der Waals surface area contributed by atoms with Gasteiger partial charge in [0.15, 0.2) is 0 Å². The van der Waals surface area contributed by atoms with E-state index in [4.69, 9.17) is 0 Å². The number of allylic oxidation sites excluding steroid dienone is 5. The van der Waals surface area contributed by atoms with E-state index in [2.05, 4.69) is 38.7 Å². The van der Waals surface area contributed by atoms with Crippen molar-refractivity contribution in [3.8, 4) is 0 Å². The third-order valence-electron chi connectivity index (χ3n) is 8.11. The molecule has 0 bridgehead atoms. The molecule has 0 aliphatic heterocycles.